The normalized spacial score (nSPS) is 16.6. The van der Waals surface area contributed by atoms with Crippen LogP contribution in [0.2, 0.25) is 0 Å². The molecule has 2 aromatic heterocycles. The molecule has 1 aromatic carbocycles. The summed E-state index contributed by atoms with van der Waals surface area (Å²) in [6.07, 6.45) is 3.59. The molecule has 0 fully saturated rings. The van der Waals surface area contributed by atoms with Gasteiger partial charge in [-0.1, -0.05) is 12.1 Å². The Labute approximate surface area is 148 Å². The van der Waals surface area contributed by atoms with Gasteiger partial charge < -0.3 is 14.2 Å². The molecule has 26 heavy (non-hydrogen) atoms. The lowest BCUT2D eigenvalue weighted by Gasteiger charge is -2.20. The summed E-state index contributed by atoms with van der Waals surface area (Å²) in [7, 11) is 0. The van der Waals surface area contributed by atoms with E-state index in [9.17, 15) is 9.18 Å². The Hall–Kier alpha value is -3.35. The van der Waals surface area contributed by atoms with Crippen molar-refractivity contribution in [2.45, 2.75) is 12.5 Å². The number of carbonyl (C=O) groups is 1. The lowest BCUT2D eigenvalue weighted by molar-refractivity contribution is -0.131. The van der Waals surface area contributed by atoms with Crippen LogP contribution in [0.4, 0.5) is 10.1 Å². The molecule has 0 saturated heterocycles. The van der Waals surface area contributed by atoms with Crippen LogP contribution in [-0.4, -0.2) is 23.2 Å². The maximum Gasteiger partial charge on any atom is 0.262 e. The van der Waals surface area contributed by atoms with Crippen molar-refractivity contribution in [3.8, 4) is 0 Å². The fourth-order valence-electron chi connectivity index (χ4n) is 2.89. The van der Waals surface area contributed by atoms with Gasteiger partial charge in [-0.25, -0.2) is 9.40 Å². The maximum absolute atomic E-state index is 13.7. The number of amides is 1. The van der Waals surface area contributed by atoms with Crippen LogP contribution < -0.4 is 5.32 Å². The Morgan fingerprint density at radius 3 is 2.69 bits per heavy atom. The molecule has 1 amide bonds. The second-order valence-corrected chi connectivity index (χ2v) is 5.83. The average Bonchev–Trinajstić information content (AvgIpc) is 3.41. The first-order valence-corrected chi connectivity index (χ1v) is 8.17. The number of benzene rings is 1. The van der Waals surface area contributed by atoms with Gasteiger partial charge in [0.15, 0.2) is 0 Å². The largest absolute Gasteiger partial charge is 0.467 e. The van der Waals surface area contributed by atoms with Gasteiger partial charge in [0.25, 0.3) is 5.91 Å². The van der Waals surface area contributed by atoms with Crippen LogP contribution in [0.15, 0.2) is 75.0 Å². The first-order valence-electron chi connectivity index (χ1n) is 8.17. The van der Waals surface area contributed by atoms with E-state index in [1.807, 2.05) is 0 Å². The van der Waals surface area contributed by atoms with Gasteiger partial charge in [-0.15, -0.1) is 0 Å². The zero-order valence-corrected chi connectivity index (χ0v) is 13.8. The highest BCUT2D eigenvalue weighted by Crippen LogP contribution is 2.33. The number of halogens is 1. The van der Waals surface area contributed by atoms with Crippen molar-refractivity contribution in [1.29, 1.82) is 0 Å². The molecule has 1 atom stereocenters. The number of hydrazone groups is 1. The summed E-state index contributed by atoms with van der Waals surface area (Å²) in [5.74, 6) is 0.536. The van der Waals surface area contributed by atoms with Crippen LogP contribution in [-0.2, 0) is 4.79 Å². The molecule has 3 heterocycles. The molecule has 1 aliphatic rings. The summed E-state index contributed by atoms with van der Waals surface area (Å²) in [6.45, 7) is -0.0902. The van der Waals surface area contributed by atoms with Crippen LogP contribution in [0.1, 0.15) is 24.0 Å². The summed E-state index contributed by atoms with van der Waals surface area (Å²) in [4.78, 5) is 12.7. The first-order chi connectivity index (χ1) is 12.7. The molecule has 132 valence electrons. The van der Waals surface area contributed by atoms with Crippen LogP contribution in [0.3, 0.4) is 0 Å². The van der Waals surface area contributed by atoms with E-state index in [-0.39, 0.29) is 24.2 Å². The zero-order valence-electron chi connectivity index (χ0n) is 13.8. The van der Waals surface area contributed by atoms with Crippen LogP contribution in [0, 0.1) is 5.82 Å². The minimum Gasteiger partial charge on any atom is -0.467 e. The number of hydrogen-bond acceptors (Lipinski definition) is 5. The lowest BCUT2D eigenvalue weighted by atomic mass is 10.1. The summed E-state index contributed by atoms with van der Waals surface area (Å²) in [5.41, 5.74) is 0.931. The maximum atomic E-state index is 13.7. The van der Waals surface area contributed by atoms with Gasteiger partial charge in [-0.2, -0.15) is 5.10 Å². The average molecular weight is 353 g/mol. The van der Waals surface area contributed by atoms with Crippen molar-refractivity contribution in [3.63, 3.8) is 0 Å². The van der Waals surface area contributed by atoms with Crippen LogP contribution >= 0.6 is 0 Å². The molecule has 1 aliphatic heterocycles. The number of carbonyl (C=O) groups excluding carboxylic acids is 1. The highest BCUT2D eigenvalue weighted by molar-refractivity contribution is 6.01. The summed E-state index contributed by atoms with van der Waals surface area (Å²) in [5, 5.41) is 8.60. The van der Waals surface area contributed by atoms with Gasteiger partial charge in [0.05, 0.1) is 24.8 Å². The number of para-hydroxylation sites is 1. The van der Waals surface area contributed by atoms with Crippen molar-refractivity contribution < 1.29 is 18.0 Å². The highest BCUT2D eigenvalue weighted by atomic mass is 19.1. The zero-order chi connectivity index (χ0) is 17.9. The minimum atomic E-state index is -0.413. The molecule has 0 saturated carbocycles. The molecular formula is C19H16FN3O3. The molecule has 7 heteroatoms. The first kappa shape index (κ1) is 16.1. The van der Waals surface area contributed by atoms with Gasteiger partial charge >= 0.3 is 0 Å². The van der Waals surface area contributed by atoms with E-state index < -0.39 is 5.82 Å². The van der Waals surface area contributed by atoms with E-state index >= 15 is 0 Å². The number of nitrogens with zero attached hydrogens (tertiary/aromatic N) is 2. The molecule has 1 unspecified atom stereocenters. The minimum absolute atomic E-state index is 0.0902. The topological polar surface area (TPSA) is 71.0 Å². The van der Waals surface area contributed by atoms with E-state index in [0.717, 1.165) is 0 Å². The molecule has 1 N–H and O–H groups in total. The molecular weight excluding hydrogens is 337 g/mol. The Kier molecular flexibility index (Phi) is 4.27. The van der Waals surface area contributed by atoms with Gasteiger partial charge in [-0.05, 0) is 36.4 Å². The number of rotatable bonds is 5. The van der Waals surface area contributed by atoms with E-state index in [1.54, 1.807) is 55.0 Å². The van der Waals surface area contributed by atoms with Crippen molar-refractivity contribution in [2.24, 2.45) is 5.10 Å². The third kappa shape index (κ3) is 3.11. The molecule has 3 aromatic rings. The predicted molar refractivity (Wildman–Crippen MR) is 93.0 cm³/mol. The molecule has 0 radical (unpaired) electrons. The summed E-state index contributed by atoms with van der Waals surface area (Å²) in [6, 6.07) is 13.0. The Bertz CT molecular complexity index is 919. The standard InChI is InChI=1S/C19H16FN3O3/c20-13-5-1-2-6-14(13)21-12-19(24)23-16(18-8-4-10-26-18)11-15(22-23)17-7-3-9-25-17/h1-10,16,21H,11-12H2. The SMILES string of the molecule is O=C(CNc1ccccc1F)N1N=C(c2ccco2)CC1c1ccco1. The smallest absolute Gasteiger partial charge is 0.262 e. The van der Waals surface area contributed by atoms with Crippen LogP contribution in [0.25, 0.3) is 0 Å². The molecule has 0 spiro atoms. The molecule has 4 rings (SSSR count). The Morgan fingerprint density at radius 2 is 1.96 bits per heavy atom. The lowest BCUT2D eigenvalue weighted by Crippen LogP contribution is -2.32. The fraction of sp³-hybridized carbons (Fsp3) is 0.158. The van der Waals surface area contributed by atoms with E-state index in [2.05, 4.69) is 10.4 Å². The summed E-state index contributed by atoms with van der Waals surface area (Å²) < 4.78 is 24.6. The van der Waals surface area contributed by atoms with Gasteiger partial charge in [-0.3, -0.25) is 4.79 Å². The van der Waals surface area contributed by atoms with Crippen LogP contribution in [0.5, 0.6) is 0 Å². The van der Waals surface area contributed by atoms with Crippen molar-refractivity contribution in [3.05, 3.63) is 78.4 Å². The second kappa shape index (κ2) is 6.87. The molecule has 0 aliphatic carbocycles. The van der Waals surface area contributed by atoms with Gasteiger partial charge in [0, 0.05) is 6.42 Å². The fourth-order valence-corrected chi connectivity index (χ4v) is 2.89. The number of hydrogen-bond donors (Lipinski definition) is 1. The van der Waals surface area contributed by atoms with Gasteiger partial charge in [0.1, 0.15) is 29.1 Å². The van der Waals surface area contributed by atoms with Crippen molar-refractivity contribution >= 4 is 17.3 Å². The summed E-state index contributed by atoms with van der Waals surface area (Å²) >= 11 is 0. The molecule has 6 nitrogen and oxygen atoms in total. The quantitative estimate of drug-likeness (QED) is 0.757. The Balaban J connectivity index is 1.54. The van der Waals surface area contributed by atoms with E-state index in [0.29, 0.717) is 23.7 Å². The number of anilines is 1. The van der Waals surface area contributed by atoms with Crippen molar-refractivity contribution in [2.75, 3.05) is 11.9 Å². The molecule has 0 bridgehead atoms. The van der Waals surface area contributed by atoms with E-state index in [1.165, 1.54) is 11.1 Å². The third-order valence-electron chi connectivity index (χ3n) is 4.15. The van der Waals surface area contributed by atoms with Crippen molar-refractivity contribution in [1.82, 2.24) is 5.01 Å². The third-order valence-corrected chi connectivity index (χ3v) is 4.15. The number of nitrogens with one attached hydrogen (secondary N) is 1. The monoisotopic (exact) mass is 353 g/mol. The number of furan rings is 2. The highest BCUT2D eigenvalue weighted by Gasteiger charge is 2.35. The predicted octanol–water partition coefficient (Wildman–Crippen LogP) is 3.80. The second-order valence-electron chi connectivity index (χ2n) is 5.83. The Morgan fingerprint density at radius 1 is 1.15 bits per heavy atom. The van der Waals surface area contributed by atoms with E-state index in [4.69, 9.17) is 8.83 Å². The van der Waals surface area contributed by atoms with Gasteiger partial charge in [0.2, 0.25) is 0 Å².